The van der Waals surface area contributed by atoms with E-state index < -0.39 is 0 Å². The van der Waals surface area contributed by atoms with Crippen molar-refractivity contribution in [3.63, 3.8) is 0 Å². The van der Waals surface area contributed by atoms with Crippen molar-refractivity contribution in [3.05, 3.63) is 53.4 Å². The highest BCUT2D eigenvalue weighted by Crippen LogP contribution is 2.18. The predicted molar refractivity (Wildman–Crippen MR) is 103 cm³/mol. The van der Waals surface area contributed by atoms with Crippen LogP contribution in [0.5, 0.6) is 0 Å². The maximum atomic E-state index is 12.5. The second-order valence-corrected chi connectivity index (χ2v) is 6.90. The number of likely N-dealkylation sites (N-methyl/N-ethyl adjacent to an activating group) is 1. The molecule has 0 bridgehead atoms. The third-order valence-electron chi connectivity index (χ3n) is 4.81. The van der Waals surface area contributed by atoms with Gasteiger partial charge in [0, 0.05) is 45.1 Å². The van der Waals surface area contributed by atoms with Crippen LogP contribution in [-0.2, 0) is 11.3 Å². The van der Waals surface area contributed by atoms with E-state index in [9.17, 15) is 4.79 Å². The molecule has 7 heteroatoms. The summed E-state index contributed by atoms with van der Waals surface area (Å²) in [6, 6.07) is 10.8. The van der Waals surface area contributed by atoms with Crippen LogP contribution in [0.4, 0.5) is 5.82 Å². The normalized spacial score (nSPS) is 15.6. The number of hydrogen-bond donors (Lipinski definition) is 1. The average molecular weight is 374 g/mol. The molecule has 1 aromatic heterocycles. The molecule has 3 rings (SSSR count). The summed E-state index contributed by atoms with van der Waals surface area (Å²) in [5.41, 5.74) is 1.33. The maximum Gasteiger partial charge on any atom is 0.241 e. The largest absolute Gasteiger partial charge is 0.358 e. The Morgan fingerprint density at radius 1 is 1.23 bits per heavy atom. The van der Waals surface area contributed by atoms with Crippen molar-refractivity contribution in [1.82, 2.24) is 19.8 Å². The van der Waals surface area contributed by atoms with Crippen LogP contribution in [0.1, 0.15) is 18.4 Å². The summed E-state index contributed by atoms with van der Waals surface area (Å²) in [6.07, 6.45) is 5.04. The number of nitrogens with one attached hydrogen (secondary N) is 1. The summed E-state index contributed by atoms with van der Waals surface area (Å²) in [4.78, 5) is 24.8. The van der Waals surface area contributed by atoms with Crippen molar-refractivity contribution in [2.45, 2.75) is 25.4 Å². The van der Waals surface area contributed by atoms with Crippen LogP contribution in [-0.4, -0.2) is 58.4 Å². The van der Waals surface area contributed by atoms with Crippen LogP contribution in [0.15, 0.2) is 42.7 Å². The van der Waals surface area contributed by atoms with Gasteiger partial charge in [-0.25, -0.2) is 9.97 Å². The Hall–Kier alpha value is -2.18. The smallest absolute Gasteiger partial charge is 0.241 e. The van der Waals surface area contributed by atoms with Gasteiger partial charge in [0.05, 0.1) is 6.54 Å². The molecule has 1 aliphatic rings. The van der Waals surface area contributed by atoms with Crippen molar-refractivity contribution in [1.29, 1.82) is 0 Å². The van der Waals surface area contributed by atoms with Crippen LogP contribution in [0.2, 0.25) is 5.15 Å². The second-order valence-electron chi connectivity index (χ2n) is 6.55. The number of amides is 1. The monoisotopic (exact) mass is 373 g/mol. The number of carbonyl (C=O) groups is 1. The molecule has 138 valence electrons. The Balaban J connectivity index is 1.44. The summed E-state index contributed by atoms with van der Waals surface area (Å²) in [5, 5.41) is 3.24. The number of anilines is 1. The minimum Gasteiger partial charge on any atom is -0.358 e. The number of aromatic nitrogens is 2. The molecular formula is C19H24ClN5O. The Kier molecular flexibility index (Phi) is 6.41. The molecule has 0 aliphatic carbocycles. The van der Waals surface area contributed by atoms with Gasteiger partial charge in [-0.05, 0) is 18.4 Å². The molecular weight excluding hydrogens is 350 g/mol. The van der Waals surface area contributed by atoms with E-state index >= 15 is 0 Å². The first-order chi connectivity index (χ1) is 12.6. The fourth-order valence-corrected chi connectivity index (χ4v) is 3.41. The molecule has 0 spiro atoms. The summed E-state index contributed by atoms with van der Waals surface area (Å²) in [5.74, 6) is 0.474. The molecule has 26 heavy (non-hydrogen) atoms. The molecule has 0 saturated carbocycles. The molecule has 1 N–H and O–H groups in total. The topological polar surface area (TPSA) is 61.4 Å². The first kappa shape index (κ1) is 18.6. The third kappa shape index (κ3) is 4.93. The Morgan fingerprint density at radius 3 is 2.62 bits per heavy atom. The number of halogens is 1. The van der Waals surface area contributed by atoms with Gasteiger partial charge in [-0.1, -0.05) is 41.9 Å². The van der Waals surface area contributed by atoms with Crippen LogP contribution >= 0.6 is 11.6 Å². The van der Waals surface area contributed by atoms with Crippen LogP contribution in [0.25, 0.3) is 0 Å². The zero-order valence-corrected chi connectivity index (χ0v) is 15.7. The SMILES string of the molecule is CN(C(=O)CNc1nccnc1Cl)C1CCN(Cc2ccccc2)CC1. The molecule has 2 heterocycles. The van der Waals surface area contributed by atoms with E-state index in [0.717, 1.165) is 32.5 Å². The highest BCUT2D eigenvalue weighted by molar-refractivity contribution is 6.31. The number of benzene rings is 1. The molecule has 1 aromatic carbocycles. The zero-order valence-electron chi connectivity index (χ0n) is 14.9. The quantitative estimate of drug-likeness (QED) is 0.843. The summed E-state index contributed by atoms with van der Waals surface area (Å²) < 4.78 is 0. The molecule has 1 saturated heterocycles. The highest BCUT2D eigenvalue weighted by atomic mass is 35.5. The van der Waals surface area contributed by atoms with Gasteiger partial charge in [0.1, 0.15) is 0 Å². The van der Waals surface area contributed by atoms with Crippen molar-refractivity contribution in [3.8, 4) is 0 Å². The standard InChI is InChI=1S/C19H24ClN5O/c1-24(17(26)13-23-19-18(20)21-9-10-22-19)16-7-11-25(12-8-16)14-15-5-3-2-4-6-15/h2-6,9-10,16H,7-8,11-14H2,1H3,(H,22,23). The van der Waals surface area contributed by atoms with E-state index in [2.05, 4.69) is 44.5 Å². The molecule has 0 radical (unpaired) electrons. The van der Waals surface area contributed by atoms with Crippen LogP contribution in [0, 0.1) is 0 Å². The lowest BCUT2D eigenvalue weighted by Gasteiger charge is -2.36. The van der Waals surface area contributed by atoms with E-state index in [-0.39, 0.29) is 23.6 Å². The average Bonchev–Trinajstić information content (AvgIpc) is 2.68. The number of rotatable bonds is 6. The van der Waals surface area contributed by atoms with E-state index in [1.807, 2.05) is 18.0 Å². The van der Waals surface area contributed by atoms with Crippen LogP contribution in [0.3, 0.4) is 0 Å². The highest BCUT2D eigenvalue weighted by Gasteiger charge is 2.25. The Bertz CT molecular complexity index is 719. The van der Waals surface area contributed by atoms with Gasteiger partial charge in [0.15, 0.2) is 11.0 Å². The maximum absolute atomic E-state index is 12.5. The first-order valence-corrected chi connectivity index (χ1v) is 9.23. The van der Waals surface area contributed by atoms with E-state index in [1.54, 1.807) is 6.20 Å². The van der Waals surface area contributed by atoms with Crippen molar-refractivity contribution in [2.24, 2.45) is 0 Å². The van der Waals surface area contributed by atoms with Crippen molar-refractivity contribution in [2.75, 3.05) is 32.0 Å². The van der Waals surface area contributed by atoms with Gasteiger partial charge in [-0.2, -0.15) is 0 Å². The number of likely N-dealkylation sites (tertiary alicyclic amines) is 1. The predicted octanol–water partition coefficient (Wildman–Crippen LogP) is 2.66. The summed E-state index contributed by atoms with van der Waals surface area (Å²) in [7, 11) is 1.87. The molecule has 1 fully saturated rings. The second kappa shape index (κ2) is 8.96. The minimum absolute atomic E-state index is 0.0354. The van der Waals surface area contributed by atoms with Gasteiger partial charge < -0.3 is 10.2 Å². The first-order valence-electron chi connectivity index (χ1n) is 8.86. The number of nitrogens with zero attached hydrogens (tertiary/aromatic N) is 4. The van der Waals surface area contributed by atoms with E-state index in [0.29, 0.717) is 5.82 Å². The number of hydrogen-bond acceptors (Lipinski definition) is 5. The molecule has 6 nitrogen and oxygen atoms in total. The lowest BCUT2D eigenvalue weighted by molar-refractivity contribution is -0.130. The van der Waals surface area contributed by atoms with Gasteiger partial charge >= 0.3 is 0 Å². The van der Waals surface area contributed by atoms with Gasteiger partial charge in [-0.15, -0.1) is 0 Å². The molecule has 2 aromatic rings. The molecule has 1 amide bonds. The van der Waals surface area contributed by atoms with E-state index in [4.69, 9.17) is 11.6 Å². The molecule has 0 unspecified atom stereocenters. The van der Waals surface area contributed by atoms with Crippen LogP contribution < -0.4 is 5.32 Å². The summed E-state index contributed by atoms with van der Waals surface area (Å²) >= 11 is 5.95. The van der Waals surface area contributed by atoms with Gasteiger partial charge in [0.2, 0.25) is 5.91 Å². The number of piperidine rings is 1. The molecule has 0 atom stereocenters. The van der Waals surface area contributed by atoms with E-state index in [1.165, 1.54) is 11.8 Å². The number of carbonyl (C=O) groups excluding carboxylic acids is 1. The Labute approximate surface area is 159 Å². The van der Waals surface area contributed by atoms with Crippen molar-refractivity contribution < 1.29 is 4.79 Å². The van der Waals surface area contributed by atoms with Gasteiger partial charge in [0.25, 0.3) is 0 Å². The summed E-state index contributed by atoms with van der Waals surface area (Å²) in [6.45, 7) is 3.14. The van der Waals surface area contributed by atoms with Gasteiger partial charge in [-0.3, -0.25) is 9.69 Å². The fourth-order valence-electron chi connectivity index (χ4n) is 3.23. The minimum atomic E-state index is 0.0354. The Morgan fingerprint density at radius 2 is 1.92 bits per heavy atom. The fraction of sp³-hybridized carbons (Fsp3) is 0.421. The lowest BCUT2D eigenvalue weighted by atomic mass is 10.0. The van der Waals surface area contributed by atoms with Crippen molar-refractivity contribution >= 4 is 23.3 Å². The lowest BCUT2D eigenvalue weighted by Crippen LogP contribution is -2.46. The third-order valence-corrected chi connectivity index (χ3v) is 5.08. The zero-order chi connectivity index (χ0) is 18.4. The molecule has 1 aliphatic heterocycles.